The summed E-state index contributed by atoms with van der Waals surface area (Å²) >= 11 is 0. The number of carbonyl (C=O) groups is 1. The van der Waals surface area contributed by atoms with Crippen LogP contribution in [-0.2, 0) is 30.8 Å². The number of H-pyrrole nitrogens is 1. The summed E-state index contributed by atoms with van der Waals surface area (Å²) in [5.41, 5.74) is 3.96. The Kier molecular flexibility index (Phi) is 5.95. The van der Waals surface area contributed by atoms with Crippen molar-refractivity contribution in [3.8, 4) is 5.75 Å². The number of morpholine rings is 1. The van der Waals surface area contributed by atoms with Crippen molar-refractivity contribution in [2.75, 3.05) is 26.3 Å². The fourth-order valence-corrected chi connectivity index (χ4v) is 4.61. The number of amides is 1. The third kappa shape index (κ3) is 4.74. The minimum atomic E-state index is -4.30. The first kappa shape index (κ1) is 22.7. The van der Waals surface area contributed by atoms with Crippen LogP contribution < -0.4 is 0 Å². The molecule has 2 aliphatic heterocycles. The number of nitrogens with zero attached hydrogens (tertiary/aromatic N) is 3. The first-order chi connectivity index (χ1) is 16.3. The van der Waals surface area contributed by atoms with Gasteiger partial charge in [-0.15, -0.1) is 0 Å². The van der Waals surface area contributed by atoms with E-state index in [1.165, 1.54) is 17.7 Å². The molecule has 2 aliphatic rings. The Morgan fingerprint density at radius 3 is 2.65 bits per heavy atom. The first-order valence-electron chi connectivity index (χ1n) is 11.2. The van der Waals surface area contributed by atoms with Crippen LogP contribution in [-0.4, -0.2) is 63.5 Å². The lowest BCUT2D eigenvalue weighted by molar-refractivity contribution is -0.134. The summed E-state index contributed by atoms with van der Waals surface area (Å²) in [5.74, 6) is -0.596. The molecule has 0 saturated carbocycles. The molecule has 0 spiro atoms. The van der Waals surface area contributed by atoms with E-state index in [4.69, 9.17) is 4.74 Å². The van der Waals surface area contributed by atoms with E-state index in [1.807, 2.05) is 6.07 Å². The molecule has 0 aliphatic carbocycles. The van der Waals surface area contributed by atoms with Crippen molar-refractivity contribution in [1.82, 2.24) is 20.0 Å². The number of aromatic nitrogens is 2. The quantitative estimate of drug-likeness (QED) is 0.589. The van der Waals surface area contributed by atoms with Gasteiger partial charge in [0.1, 0.15) is 5.75 Å². The van der Waals surface area contributed by atoms with Crippen molar-refractivity contribution < 1.29 is 27.8 Å². The number of carbonyl (C=O) groups excluding carboxylic acids is 1. The lowest BCUT2D eigenvalue weighted by Gasteiger charge is -2.26. The van der Waals surface area contributed by atoms with Crippen LogP contribution in [0.3, 0.4) is 0 Å². The summed E-state index contributed by atoms with van der Waals surface area (Å²) in [5, 5.41) is 17.5. The van der Waals surface area contributed by atoms with E-state index in [-0.39, 0.29) is 29.3 Å². The molecule has 1 saturated heterocycles. The smallest absolute Gasteiger partial charge is 0.389 e. The van der Waals surface area contributed by atoms with Gasteiger partial charge in [0.25, 0.3) is 5.91 Å². The molecule has 7 nitrogen and oxygen atoms in total. The van der Waals surface area contributed by atoms with Gasteiger partial charge in [-0.3, -0.25) is 14.8 Å². The number of phenols is 1. The van der Waals surface area contributed by atoms with Crippen LogP contribution in [0.1, 0.15) is 39.2 Å². The molecule has 0 atom stereocenters. The van der Waals surface area contributed by atoms with Gasteiger partial charge in [0.15, 0.2) is 0 Å². The van der Waals surface area contributed by atoms with Crippen LogP contribution in [0.5, 0.6) is 5.75 Å². The Morgan fingerprint density at radius 2 is 1.88 bits per heavy atom. The van der Waals surface area contributed by atoms with Crippen molar-refractivity contribution >= 4 is 16.8 Å². The topological polar surface area (TPSA) is 81.7 Å². The van der Waals surface area contributed by atoms with E-state index in [9.17, 15) is 23.1 Å². The van der Waals surface area contributed by atoms with Gasteiger partial charge in [-0.1, -0.05) is 18.2 Å². The van der Waals surface area contributed by atoms with E-state index < -0.39 is 12.6 Å². The lowest BCUT2D eigenvalue weighted by Crippen LogP contribution is -2.35. The molecule has 3 heterocycles. The van der Waals surface area contributed by atoms with Gasteiger partial charge in [-0.05, 0) is 22.8 Å². The van der Waals surface area contributed by atoms with Crippen LogP contribution in [0.2, 0.25) is 0 Å². The molecular formula is C24H25F3N4O3. The van der Waals surface area contributed by atoms with Crippen LogP contribution in [0.4, 0.5) is 13.2 Å². The number of fused-ring (bicyclic) bond motifs is 2. The number of nitrogens with one attached hydrogen (secondary N) is 1. The summed E-state index contributed by atoms with van der Waals surface area (Å²) in [6.45, 7) is 4.89. The Morgan fingerprint density at radius 1 is 1.12 bits per heavy atom. The van der Waals surface area contributed by atoms with E-state index in [0.29, 0.717) is 24.0 Å². The molecule has 0 unspecified atom stereocenters. The standard InChI is InChI=1S/C24H25F3N4O3/c25-24(26,27)4-3-20-18-10-19(22(32)11-21(18)29-28-20)23(33)31-13-16-2-1-15(9-17(16)14-31)12-30-5-7-34-8-6-30/h1-2,9-11,32H,3-8,12-14H2,(H,28,29). The zero-order valence-electron chi connectivity index (χ0n) is 18.5. The number of hydrogen-bond donors (Lipinski definition) is 2. The second-order valence-corrected chi connectivity index (χ2v) is 8.85. The average Bonchev–Trinajstić information content (AvgIpc) is 3.40. The van der Waals surface area contributed by atoms with Gasteiger partial charge in [-0.25, -0.2) is 0 Å². The van der Waals surface area contributed by atoms with Crippen LogP contribution in [0, 0.1) is 0 Å². The molecule has 34 heavy (non-hydrogen) atoms. The average molecular weight is 474 g/mol. The van der Waals surface area contributed by atoms with Gasteiger partial charge in [-0.2, -0.15) is 18.3 Å². The van der Waals surface area contributed by atoms with Crippen molar-refractivity contribution in [2.45, 2.75) is 38.7 Å². The van der Waals surface area contributed by atoms with Gasteiger partial charge < -0.3 is 14.7 Å². The van der Waals surface area contributed by atoms with Gasteiger partial charge in [0.2, 0.25) is 0 Å². The number of halogens is 3. The number of phenolic OH excluding ortho intramolecular Hbond substituents is 1. The molecule has 3 aromatic rings. The van der Waals surface area contributed by atoms with Gasteiger partial charge in [0.05, 0.1) is 30.0 Å². The molecule has 180 valence electrons. The number of rotatable bonds is 5. The van der Waals surface area contributed by atoms with E-state index in [0.717, 1.165) is 44.0 Å². The zero-order chi connectivity index (χ0) is 23.9. The van der Waals surface area contributed by atoms with Crippen molar-refractivity contribution in [2.24, 2.45) is 0 Å². The zero-order valence-corrected chi connectivity index (χ0v) is 18.5. The second-order valence-electron chi connectivity index (χ2n) is 8.85. The van der Waals surface area contributed by atoms with E-state index in [1.54, 1.807) is 4.90 Å². The summed E-state index contributed by atoms with van der Waals surface area (Å²) in [4.78, 5) is 17.2. The third-order valence-corrected chi connectivity index (χ3v) is 6.42. The highest BCUT2D eigenvalue weighted by Crippen LogP contribution is 2.32. The number of hydrogen-bond acceptors (Lipinski definition) is 5. The van der Waals surface area contributed by atoms with Crippen molar-refractivity contribution in [3.05, 3.63) is 58.3 Å². The predicted molar refractivity (Wildman–Crippen MR) is 118 cm³/mol. The van der Waals surface area contributed by atoms with E-state index in [2.05, 4.69) is 27.2 Å². The monoisotopic (exact) mass is 474 g/mol. The minimum absolute atomic E-state index is 0.0588. The molecule has 2 aromatic carbocycles. The molecule has 1 aromatic heterocycles. The van der Waals surface area contributed by atoms with Crippen LogP contribution in [0.25, 0.3) is 10.9 Å². The third-order valence-electron chi connectivity index (χ3n) is 6.42. The number of aromatic amines is 1. The molecular weight excluding hydrogens is 449 g/mol. The highest BCUT2D eigenvalue weighted by atomic mass is 19.4. The molecule has 10 heteroatoms. The van der Waals surface area contributed by atoms with Crippen molar-refractivity contribution in [3.63, 3.8) is 0 Å². The van der Waals surface area contributed by atoms with Crippen molar-refractivity contribution in [1.29, 1.82) is 0 Å². The highest BCUT2D eigenvalue weighted by molar-refractivity contribution is 6.01. The minimum Gasteiger partial charge on any atom is -0.507 e. The Labute approximate surface area is 194 Å². The van der Waals surface area contributed by atoms with Crippen LogP contribution >= 0.6 is 0 Å². The summed E-state index contributed by atoms with van der Waals surface area (Å²) < 4.78 is 43.4. The molecule has 2 N–H and O–H groups in total. The highest BCUT2D eigenvalue weighted by Gasteiger charge is 2.29. The first-order valence-corrected chi connectivity index (χ1v) is 11.2. The summed E-state index contributed by atoms with van der Waals surface area (Å²) in [6, 6.07) is 9.01. The number of aromatic hydroxyl groups is 1. The molecule has 1 amide bonds. The van der Waals surface area contributed by atoms with Gasteiger partial charge >= 0.3 is 6.18 Å². The second kappa shape index (κ2) is 8.92. The Balaban J connectivity index is 1.33. The number of benzene rings is 2. The number of alkyl halides is 3. The SMILES string of the molecule is O=C(c1cc2c(CCC(F)(F)F)n[nH]c2cc1O)N1Cc2ccc(CN3CCOCC3)cc2C1. The van der Waals surface area contributed by atoms with E-state index >= 15 is 0 Å². The maximum atomic E-state index is 13.3. The molecule has 5 rings (SSSR count). The number of ether oxygens (including phenoxy) is 1. The Hall–Kier alpha value is -3.11. The largest absolute Gasteiger partial charge is 0.507 e. The Bertz CT molecular complexity index is 1220. The van der Waals surface area contributed by atoms with Gasteiger partial charge in [0, 0.05) is 57.0 Å². The number of aryl methyl sites for hydroxylation is 1. The lowest BCUT2D eigenvalue weighted by atomic mass is 10.1. The normalized spacial score (nSPS) is 16.9. The fourth-order valence-electron chi connectivity index (χ4n) is 4.61. The van der Waals surface area contributed by atoms with Crippen LogP contribution in [0.15, 0.2) is 30.3 Å². The molecule has 0 radical (unpaired) electrons. The molecule has 0 bridgehead atoms. The maximum Gasteiger partial charge on any atom is 0.389 e. The summed E-state index contributed by atoms with van der Waals surface area (Å²) in [7, 11) is 0. The predicted octanol–water partition coefficient (Wildman–Crippen LogP) is 3.75. The maximum absolute atomic E-state index is 13.3. The molecule has 1 fully saturated rings. The fraction of sp³-hybridized carbons (Fsp3) is 0.417. The summed E-state index contributed by atoms with van der Waals surface area (Å²) in [6.07, 6.45) is -5.61.